The SMILES string of the molecule is CCCCCCCCCCCCCCC[n+]1ccn(C(C)C)c1CCCCCCCCCC. The Hall–Kier alpha value is -0.790. The van der Waals surface area contributed by atoms with Gasteiger partial charge in [0.15, 0.2) is 0 Å². The third-order valence-corrected chi connectivity index (χ3v) is 7.35. The zero-order valence-corrected chi connectivity index (χ0v) is 23.4. The summed E-state index contributed by atoms with van der Waals surface area (Å²) in [7, 11) is 0. The molecular formula is C31H61N2+. The van der Waals surface area contributed by atoms with Gasteiger partial charge in [-0.2, -0.15) is 0 Å². The lowest BCUT2D eigenvalue weighted by molar-refractivity contribution is -0.704. The lowest BCUT2D eigenvalue weighted by Gasteiger charge is -2.08. The predicted molar refractivity (Wildman–Crippen MR) is 147 cm³/mol. The highest BCUT2D eigenvalue weighted by atomic mass is 15.2. The summed E-state index contributed by atoms with van der Waals surface area (Å²) in [5, 5.41) is 0. The van der Waals surface area contributed by atoms with Gasteiger partial charge in [-0.1, -0.05) is 129 Å². The van der Waals surface area contributed by atoms with Crippen molar-refractivity contribution in [1.29, 1.82) is 0 Å². The van der Waals surface area contributed by atoms with Gasteiger partial charge in [-0.15, -0.1) is 0 Å². The number of hydrogen-bond acceptors (Lipinski definition) is 0. The molecule has 0 atom stereocenters. The zero-order chi connectivity index (χ0) is 24.0. The van der Waals surface area contributed by atoms with E-state index in [1.165, 1.54) is 148 Å². The van der Waals surface area contributed by atoms with Crippen molar-refractivity contribution in [1.82, 2.24) is 4.57 Å². The first-order valence-electron chi connectivity index (χ1n) is 15.3. The molecule has 0 amide bonds. The molecule has 0 aliphatic heterocycles. The first kappa shape index (κ1) is 30.2. The summed E-state index contributed by atoms with van der Waals surface area (Å²) >= 11 is 0. The molecule has 2 nitrogen and oxygen atoms in total. The molecule has 1 aromatic heterocycles. The number of unbranched alkanes of at least 4 members (excludes halogenated alkanes) is 19. The Morgan fingerprint density at radius 2 is 0.970 bits per heavy atom. The van der Waals surface area contributed by atoms with Crippen LogP contribution in [0.1, 0.15) is 174 Å². The van der Waals surface area contributed by atoms with Crippen molar-refractivity contribution in [2.75, 3.05) is 0 Å². The average molecular weight is 462 g/mol. The van der Waals surface area contributed by atoms with E-state index in [1.54, 1.807) is 5.82 Å². The van der Waals surface area contributed by atoms with Gasteiger partial charge in [0.2, 0.25) is 0 Å². The first-order chi connectivity index (χ1) is 16.2. The van der Waals surface area contributed by atoms with Gasteiger partial charge in [0, 0.05) is 6.42 Å². The number of rotatable bonds is 24. The van der Waals surface area contributed by atoms with Crippen molar-refractivity contribution in [2.45, 2.75) is 182 Å². The number of hydrogen-bond donors (Lipinski definition) is 0. The summed E-state index contributed by atoms with van der Waals surface area (Å²) in [5.74, 6) is 1.56. The highest BCUT2D eigenvalue weighted by Gasteiger charge is 2.18. The maximum absolute atomic E-state index is 2.57. The van der Waals surface area contributed by atoms with Crippen LogP contribution in [-0.2, 0) is 13.0 Å². The molecule has 0 unspecified atom stereocenters. The molecule has 1 heterocycles. The van der Waals surface area contributed by atoms with Crippen LogP contribution in [0.5, 0.6) is 0 Å². The fraction of sp³-hybridized carbons (Fsp3) is 0.903. The Balaban J connectivity index is 2.13. The number of nitrogens with zero attached hydrogens (tertiary/aromatic N) is 2. The van der Waals surface area contributed by atoms with Crippen molar-refractivity contribution in [3.05, 3.63) is 18.2 Å². The van der Waals surface area contributed by atoms with E-state index in [1.807, 2.05) is 0 Å². The lowest BCUT2D eigenvalue weighted by atomic mass is 10.0. The van der Waals surface area contributed by atoms with Gasteiger partial charge in [-0.05, 0) is 33.1 Å². The highest BCUT2D eigenvalue weighted by molar-refractivity contribution is 4.86. The largest absolute Gasteiger partial charge is 0.256 e. The summed E-state index contributed by atoms with van der Waals surface area (Å²) in [4.78, 5) is 0. The summed E-state index contributed by atoms with van der Waals surface area (Å²) in [6.45, 7) is 10.5. The Labute approximate surface area is 208 Å². The summed E-state index contributed by atoms with van der Waals surface area (Å²) in [5.41, 5.74) is 0. The van der Waals surface area contributed by atoms with Crippen LogP contribution in [0.15, 0.2) is 12.4 Å². The maximum Gasteiger partial charge on any atom is 0.256 e. The van der Waals surface area contributed by atoms with Crippen LogP contribution in [0, 0.1) is 0 Å². The number of imidazole rings is 1. The summed E-state index contributed by atoms with van der Waals surface area (Å²) in [6, 6.07) is 0.571. The second-order valence-electron chi connectivity index (χ2n) is 10.9. The zero-order valence-electron chi connectivity index (χ0n) is 23.4. The van der Waals surface area contributed by atoms with Gasteiger partial charge >= 0.3 is 0 Å². The van der Waals surface area contributed by atoms with Crippen molar-refractivity contribution in [2.24, 2.45) is 0 Å². The van der Waals surface area contributed by atoms with Crippen molar-refractivity contribution in [3.8, 4) is 0 Å². The topological polar surface area (TPSA) is 8.81 Å². The molecule has 0 saturated heterocycles. The predicted octanol–water partition coefficient (Wildman–Crippen LogP) is 10.1. The minimum absolute atomic E-state index is 0.571. The number of aryl methyl sites for hydroxylation is 1. The van der Waals surface area contributed by atoms with Crippen molar-refractivity contribution in [3.63, 3.8) is 0 Å². The normalized spacial score (nSPS) is 11.7. The smallest absolute Gasteiger partial charge is 0.234 e. The van der Waals surface area contributed by atoms with Crippen LogP contribution in [0.3, 0.4) is 0 Å². The van der Waals surface area contributed by atoms with E-state index in [-0.39, 0.29) is 0 Å². The Bertz CT molecular complexity index is 531. The van der Waals surface area contributed by atoms with Gasteiger partial charge in [-0.25, -0.2) is 9.13 Å². The van der Waals surface area contributed by atoms with E-state index in [2.05, 4.69) is 49.2 Å². The molecule has 0 aliphatic carbocycles. The second-order valence-corrected chi connectivity index (χ2v) is 10.9. The van der Waals surface area contributed by atoms with Gasteiger partial charge in [0.05, 0.1) is 12.6 Å². The van der Waals surface area contributed by atoms with Crippen LogP contribution in [0.25, 0.3) is 0 Å². The molecular weight excluding hydrogens is 400 g/mol. The van der Waals surface area contributed by atoms with Gasteiger partial charge < -0.3 is 0 Å². The molecule has 33 heavy (non-hydrogen) atoms. The maximum atomic E-state index is 2.57. The molecule has 0 bridgehead atoms. The molecule has 0 aliphatic rings. The Kier molecular flexibility index (Phi) is 19.9. The van der Waals surface area contributed by atoms with Crippen molar-refractivity contribution < 1.29 is 4.57 Å². The van der Waals surface area contributed by atoms with Crippen LogP contribution in [0.4, 0.5) is 0 Å². The molecule has 0 spiro atoms. The lowest BCUT2D eigenvalue weighted by Crippen LogP contribution is -2.37. The first-order valence-corrected chi connectivity index (χ1v) is 15.3. The fourth-order valence-corrected chi connectivity index (χ4v) is 5.14. The van der Waals surface area contributed by atoms with Crippen molar-refractivity contribution >= 4 is 0 Å². The van der Waals surface area contributed by atoms with Gasteiger partial charge in [0.25, 0.3) is 5.82 Å². The van der Waals surface area contributed by atoms with Crippen LogP contribution < -0.4 is 4.57 Å². The average Bonchev–Trinajstić information content (AvgIpc) is 3.21. The van der Waals surface area contributed by atoms with Crippen LogP contribution in [-0.4, -0.2) is 4.57 Å². The fourth-order valence-electron chi connectivity index (χ4n) is 5.14. The molecule has 194 valence electrons. The van der Waals surface area contributed by atoms with E-state index >= 15 is 0 Å². The molecule has 2 heteroatoms. The van der Waals surface area contributed by atoms with E-state index in [4.69, 9.17) is 0 Å². The Morgan fingerprint density at radius 1 is 0.576 bits per heavy atom. The number of aromatic nitrogens is 2. The van der Waals surface area contributed by atoms with Crippen LogP contribution in [0.2, 0.25) is 0 Å². The highest BCUT2D eigenvalue weighted by Crippen LogP contribution is 2.15. The molecule has 0 saturated carbocycles. The molecule has 1 rings (SSSR count). The van der Waals surface area contributed by atoms with Crippen LogP contribution >= 0.6 is 0 Å². The van der Waals surface area contributed by atoms with E-state index < -0.39 is 0 Å². The summed E-state index contributed by atoms with van der Waals surface area (Å²) in [6.07, 6.45) is 35.8. The summed E-state index contributed by atoms with van der Waals surface area (Å²) < 4.78 is 5.09. The van der Waals surface area contributed by atoms with Gasteiger partial charge in [0.1, 0.15) is 12.4 Å². The Morgan fingerprint density at radius 3 is 1.39 bits per heavy atom. The monoisotopic (exact) mass is 461 g/mol. The molecule has 0 aromatic carbocycles. The molecule has 0 fully saturated rings. The minimum atomic E-state index is 0.571. The standard InChI is InChI=1S/C31H61N2/c1-5-7-9-11-13-15-16-17-18-19-21-23-25-27-32-28-29-33(30(3)4)31(32)26-24-22-20-14-12-10-8-6-2/h28-30H,5-27H2,1-4H3/q+1. The van der Waals surface area contributed by atoms with E-state index in [9.17, 15) is 0 Å². The quantitative estimate of drug-likeness (QED) is 0.107. The minimum Gasteiger partial charge on any atom is -0.234 e. The molecule has 1 aromatic rings. The second kappa shape index (κ2) is 21.7. The van der Waals surface area contributed by atoms with Gasteiger partial charge in [-0.3, -0.25) is 0 Å². The molecule has 0 N–H and O–H groups in total. The van der Waals surface area contributed by atoms with E-state index in [0.717, 1.165) is 0 Å². The molecule has 0 radical (unpaired) electrons. The third kappa shape index (κ3) is 15.7. The third-order valence-electron chi connectivity index (χ3n) is 7.35. The van der Waals surface area contributed by atoms with E-state index in [0.29, 0.717) is 6.04 Å².